The highest BCUT2D eigenvalue weighted by Gasteiger charge is 2.11. The van der Waals surface area contributed by atoms with Crippen LogP contribution < -0.4 is 5.56 Å². The molecule has 3 rings (SSSR count). The highest BCUT2D eigenvalue weighted by atomic mass is 32.2. The first-order valence-corrected chi connectivity index (χ1v) is 8.73. The number of rotatable bonds is 3. The van der Waals surface area contributed by atoms with Crippen molar-refractivity contribution in [3.05, 3.63) is 76.2 Å². The Morgan fingerprint density at radius 2 is 1.71 bits per heavy atom. The number of nitrogens with one attached hydrogen (secondary N) is 1. The quantitative estimate of drug-likeness (QED) is 0.713. The summed E-state index contributed by atoms with van der Waals surface area (Å²) < 4.78 is 0. The van der Waals surface area contributed by atoms with Crippen molar-refractivity contribution < 1.29 is 0 Å². The third-order valence-electron chi connectivity index (χ3n) is 3.88. The zero-order valence-corrected chi connectivity index (χ0v) is 14.3. The van der Waals surface area contributed by atoms with E-state index in [1.165, 1.54) is 4.90 Å². The van der Waals surface area contributed by atoms with Gasteiger partial charge in [0.05, 0.1) is 0 Å². The summed E-state index contributed by atoms with van der Waals surface area (Å²) in [6.45, 7) is 1.82. The van der Waals surface area contributed by atoms with Gasteiger partial charge in [0.25, 0.3) is 5.56 Å². The van der Waals surface area contributed by atoms with Crippen LogP contribution in [0.5, 0.6) is 0 Å². The predicted octanol–water partition coefficient (Wildman–Crippen LogP) is 4.61. The van der Waals surface area contributed by atoms with Crippen LogP contribution in [0, 0.1) is 18.3 Å². The zero-order valence-electron chi connectivity index (χ0n) is 13.5. The molecule has 0 spiro atoms. The van der Waals surface area contributed by atoms with Crippen LogP contribution in [0.2, 0.25) is 0 Å². The Balaban J connectivity index is 2.12. The van der Waals surface area contributed by atoms with E-state index in [-0.39, 0.29) is 11.1 Å². The molecule has 4 heteroatoms. The predicted molar refractivity (Wildman–Crippen MR) is 99.2 cm³/mol. The Bertz CT molecular complexity index is 982. The van der Waals surface area contributed by atoms with Gasteiger partial charge in [-0.1, -0.05) is 30.3 Å². The molecule has 1 heterocycles. The van der Waals surface area contributed by atoms with E-state index in [4.69, 9.17) is 0 Å². The van der Waals surface area contributed by atoms with Crippen molar-refractivity contribution in [2.45, 2.75) is 11.8 Å². The Morgan fingerprint density at radius 1 is 1.00 bits per heavy atom. The van der Waals surface area contributed by atoms with Gasteiger partial charge in [-0.3, -0.25) is 4.79 Å². The number of pyridine rings is 1. The SMILES string of the molecule is CSc1ccc(-c2cccc(-c3cc(C)[nH]c(=O)c3C#N)c2)cc1. The lowest BCUT2D eigenvalue weighted by Gasteiger charge is -2.09. The van der Waals surface area contributed by atoms with Gasteiger partial charge in [-0.2, -0.15) is 5.26 Å². The first kappa shape index (κ1) is 16.1. The van der Waals surface area contributed by atoms with Crippen molar-refractivity contribution in [3.63, 3.8) is 0 Å². The van der Waals surface area contributed by atoms with Crippen LogP contribution in [0.25, 0.3) is 22.3 Å². The average Bonchev–Trinajstić information content (AvgIpc) is 2.61. The fourth-order valence-electron chi connectivity index (χ4n) is 2.68. The lowest BCUT2D eigenvalue weighted by Crippen LogP contribution is -2.12. The molecular weight excluding hydrogens is 316 g/mol. The third-order valence-corrected chi connectivity index (χ3v) is 4.62. The van der Waals surface area contributed by atoms with Crippen LogP contribution in [-0.2, 0) is 0 Å². The summed E-state index contributed by atoms with van der Waals surface area (Å²) in [4.78, 5) is 15.9. The van der Waals surface area contributed by atoms with Crippen LogP contribution >= 0.6 is 11.8 Å². The highest BCUT2D eigenvalue weighted by Crippen LogP contribution is 2.28. The van der Waals surface area contributed by atoms with E-state index >= 15 is 0 Å². The number of aromatic nitrogens is 1. The van der Waals surface area contributed by atoms with Crippen LogP contribution in [0.3, 0.4) is 0 Å². The largest absolute Gasteiger partial charge is 0.325 e. The molecular formula is C20H16N2OS. The molecule has 1 N–H and O–H groups in total. The number of H-pyrrole nitrogens is 1. The molecule has 0 unspecified atom stereocenters. The molecule has 1 aromatic heterocycles. The van der Waals surface area contributed by atoms with Gasteiger partial charge in [0.15, 0.2) is 0 Å². The maximum absolute atomic E-state index is 12.0. The van der Waals surface area contributed by atoms with Gasteiger partial charge < -0.3 is 4.98 Å². The number of hydrogen-bond donors (Lipinski definition) is 1. The second kappa shape index (κ2) is 6.77. The molecule has 0 aliphatic rings. The Hall–Kier alpha value is -2.77. The second-order valence-electron chi connectivity index (χ2n) is 5.49. The number of aryl methyl sites for hydroxylation is 1. The third kappa shape index (κ3) is 3.12. The summed E-state index contributed by atoms with van der Waals surface area (Å²) in [6, 6.07) is 20.1. The minimum atomic E-state index is -0.345. The maximum Gasteiger partial charge on any atom is 0.266 e. The van der Waals surface area contributed by atoms with Gasteiger partial charge in [-0.15, -0.1) is 11.8 Å². The van der Waals surface area contributed by atoms with Crippen LogP contribution in [0.4, 0.5) is 0 Å². The monoisotopic (exact) mass is 332 g/mol. The number of aromatic amines is 1. The molecule has 0 atom stereocenters. The molecule has 0 saturated carbocycles. The molecule has 0 bridgehead atoms. The Morgan fingerprint density at radius 3 is 2.38 bits per heavy atom. The van der Waals surface area contributed by atoms with Crippen LogP contribution in [0.15, 0.2) is 64.3 Å². The van der Waals surface area contributed by atoms with E-state index in [2.05, 4.69) is 29.2 Å². The first-order chi connectivity index (χ1) is 11.6. The number of nitriles is 1. The summed E-state index contributed by atoms with van der Waals surface area (Å²) in [5.74, 6) is 0. The lowest BCUT2D eigenvalue weighted by molar-refractivity contribution is 1.13. The van der Waals surface area contributed by atoms with Crippen molar-refractivity contribution in [1.29, 1.82) is 5.26 Å². The number of thioether (sulfide) groups is 1. The number of hydrogen-bond acceptors (Lipinski definition) is 3. The molecule has 0 aliphatic heterocycles. The van der Waals surface area contributed by atoms with Gasteiger partial charge in [-0.25, -0.2) is 0 Å². The molecule has 3 nitrogen and oxygen atoms in total. The van der Waals surface area contributed by atoms with E-state index in [9.17, 15) is 10.1 Å². The van der Waals surface area contributed by atoms with Gasteiger partial charge in [0, 0.05) is 16.2 Å². The van der Waals surface area contributed by atoms with E-state index in [1.807, 2.05) is 49.6 Å². The van der Waals surface area contributed by atoms with Gasteiger partial charge in [-0.05, 0) is 54.1 Å². The molecule has 0 radical (unpaired) electrons. The molecule has 0 saturated heterocycles. The lowest BCUT2D eigenvalue weighted by atomic mass is 9.97. The van der Waals surface area contributed by atoms with E-state index in [1.54, 1.807) is 11.8 Å². The molecule has 0 aliphatic carbocycles. The van der Waals surface area contributed by atoms with E-state index < -0.39 is 0 Å². The second-order valence-corrected chi connectivity index (χ2v) is 6.37. The van der Waals surface area contributed by atoms with Crippen molar-refractivity contribution in [2.75, 3.05) is 6.26 Å². The fraction of sp³-hybridized carbons (Fsp3) is 0.100. The summed E-state index contributed by atoms with van der Waals surface area (Å²) in [5, 5.41) is 9.32. The molecule has 0 amide bonds. The number of benzene rings is 2. The maximum atomic E-state index is 12.0. The van der Waals surface area contributed by atoms with Crippen LogP contribution in [0.1, 0.15) is 11.3 Å². The zero-order chi connectivity index (χ0) is 17.1. The smallest absolute Gasteiger partial charge is 0.266 e. The van der Waals surface area contributed by atoms with E-state index in [0.717, 1.165) is 22.4 Å². The van der Waals surface area contributed by atoms with Crippen molar-refractivity contribution >= 4 is 11.8 Å². The van der Waals surface area contributed by atoms with Gasteiger partial charge in [0.2, 0.25) is 0 Å². The summed E-state index contributed by atoms with van der Waals surface area (Å²) in [6.07, 6.45) is 2.05. The summed E-state index contributed by atoms with van der Waals surface area (Å²) >= 11 is 1.71. The fourth-order valence-corrected chi connectivity index (χ4v) is 3.09. The molecule has 0 fully saturated rings. The first-order valence-electron chi connectivity index (χ1n) is 7.51. The standard InChI is InChI=1S/C20H16N2OS/c1-13-10-18(19(12-21)20(23)22-13)16-5-3-4-15(11-16)14-6-8-17(24-2)9-7-14/h3-11H,1-2H3,(H,22,23). The van der Waals surface area contributed by atoms with Crippen LogP contribution in [-0.4, -0.2) is 11.2 Å². The minimum Gasteiger partial charge on any atom is -0.325 e. The normalized spacial score (nSPS) is 10.4. The van der Waals surface area contributed by atoms with E-state index in [0.29, 0.717) is 5.56 Å². The summed E-state index contributed by atoms with van der Waals surface area (Å²) in [7, 11) is 0. The minimum absolute atomic E-state index is 0.149. The van der Waals surface area contributed by atoms with Gasteiger partial charge >= 0.3 is 0 Å². The molecule has 24 heavy (non-hydrogen) atoms. The average molecular weight is 332 g/mol. The molecule has 118 valence electrons. The Kier molecular flexibility index (Phi) is 4.54. The molecule has 3 aromatic rings. The van der Waals surface area contributed by atoms with Crippen molar-refractivity contribution in [2.24, 2.45) is 0 Å². The topological polar surface area (TPSA) is 56.6 Å². The number of nitrogens with zero attached hydrogens (tertiary/aromatic N) is 1. The highest BCUT2D eigenvalue weighted by molar-refractivity contribution is 7.98. The Labute approximate surface area is 145 Å². The van der Waals surface area contributed by atoms with Crippen molar-refractivity contribution in [3.8, 4) is 28.3 Å². The van der Waals surface area contributed by atoms with Gasteiger partial charge in [0.1, 0.15) is 11.6 Å². The molecule has 2 aromatic carbocycles. The van der Waals surface area contributed by atoms with Crippen molar-refractivity contribution in [1.82, 2.24) is 4.98 Å². The summed E-state index contributed by atoms with van der Waals surface area (Å²) in [5.41, 5.74) is 4.24.